The van der Waals surface area contributed by atoms with Crippen molar-refractivity contribution in [2.75, 3.05) is 12.3 Å². The van der Waals surface area contributed by atoms with E-state index in [0.29, 0.717) is 27.9 Å². The number of hydrazine groups is 1. The molecular weight excluding hydrogens is 474 g/mol. The van der Waals surface area contributed by atoms with Gasteiger partial charge in [-0.05, 0) is 60.7 Å². The molecule has 9 heteroatoms. The zero-order valence-electron chi connectivity index (χ0n) is 17.4. The zero-order valence-corrected chi connectivity index (χ0v) is 19.8. The van der Waals surface area contributed by atoms with Gasteiger partial charge in [-0.15, -0.1) is 11.8 Å². The van der Waals surface area contributed by atoms with Crippen molar-refractivity contribution in [2.45, 2.75) is 4.90 Å². The number of fused-ring (bicyclic) bond motifs is 1. The molecule has 0 aliphatic heterocycles. The lowest BCUT2D eigenvalue weighted by molar-refractivity contribution is 0.0945. The van der Waals surface area contributed by atoms with Gasteiger partial charge in [0.05, 0.1) is 16.8 Å². The van der Waals surface area contributed by atoms with Crippen LogP contribution in [0.1, 0.15) is 10.4 Å². The third-order valence-electron chi connectivity index (χ3n) is 4.70. The van der Waals surface area contributed by atoms with Crippen molar-refractivity contribution in [1.82, 2.24) is 26.1 Å². The number of para-hydroxylation sites is 1. The number of rotatable bonds is 6. The molecule has 0 spiro atoms. The normalized spacial score (nSPS) is 10.6. The summed E-state index contributed by atoms with van der Waals surface area (Å²) >= 11 is 12.9. The summed E-state index contributed by atoms with van der Waals surface area (Å²) in [5.41, 5.74) is 8.27. The van der Waals surface area contributed by atoms with Crippen LogP contribution in [0.3, 0.4) is 0 Å². The Balaban J connectivity index is 1.36. The van der Waals surface area contributed by atoms with Gasteiger partial charge in [0, 0.05) is 45.6 Å². The molecule has 3 N–H and O–H groups in total. The minimum atomic E-state index is -0.302. The number of halogens is 1. The van der Waals surface area contributed by atoms with Crippen LogP contribution in [0, 0.1) is 0 Å². The quantitative estimate of drug-likeness (QED) is 0.153. The molecule has 0 atom stereocenters. The lowest BCUT2D eigenvalue weighted by Gasteiger charge is -2.13. The van der Waals surface area contributed by atoms with E-state index in [0.717, 1.165) is 27.1 Å². The van der Waals surface area contributed by atoms with Gasteiger partial charge < -0.3 is 5.32 Å². The summed E-state index contributed by atoms with van der Waals surface area (Å²) in [6.07, 6.45) is 3.39. The van der Waals surface area contributed by atoms with Crippen LogP contribution in [0.15, 0.2) is 84.0 Å². The molecule has 6 nitrogen and oxygen atoms in total. The fourth-order valence-corrected chi connectivity index (χ4v) is 4.17. The largest absolute Gasteiger partial charge is 0.361 e. The van der Waals surface area contributed by atoms with E-state index in [-0.39, 0.29) is 5.91 Å². The minimum Gasteiger partial charge on any atom is -0.361 e. The molecule has 0 aliphatic carbocycles. The second-order valence-electron chi connectivity index (χ2n) is 6.95. The summed E-state index contributed by atoms with van der Waals surface area (Å²) in [6, 6.07) is 20.7. The predicted molar refractivity (Wildman–Crippen MR) is 138 cm³/mol. The van der Waals surface area contributed by atoms with Gasteiger partial charge in [-0.1, -0.05) is 29.8 Å². The van der Waals surface area contributed by atoms with E-state index >= 15 is 0 Å². The Hall–Kier alpha value is -3.20. The second kappa shape index (κ2) is 11.1. The molecule has 0 bridgehead atoms. The highest BCUT2D eigenvalue weighted by molar-refractivity contribution is 7.99. The fourth-order valence-electron chi connectivity index (χ4n) is 3.12. The van der Waals surface area contributed by atoms with Gasteiger partial charge in [-0.25, -0.2) is 4.98 Å². The number of hydrogen-bond acceptors (Lipinski definition) is 5. The number of benzene rings is 2. The van der Waals surface area contributed by atoms with Crippen molar-refractivity contribution < 1.29 is 4.79 Å². The van der Waals surface area contributed by atoms with Gasteiger partial charge in [-0.2, -0.15) is 0 Å². The van der Waals surface area contributed by atoms with Crippen LogP contribution in [-0.2, 0) is 0 Å². The number of nitrogens with one attached hydrogen (secondary N) is 3. The first kappa shape index (κ1) is 23.0. The summed E-state index contributed by atoms with van der Waals surface area (Å²) in [4.78, 5) is 22.8. The monoisotopic (exact) mass is 493 g/mol. The maximum absolute atomic E-state index is 13.0. The Bertz CT molecular complexity index is 1270. The first-order chi connectivity index (χ1) is 16.1. The molecule has 0 saturated heterocycles. The summed E-state index contributed by atoms with van der Waals surface area (Å²) in [5.74, 6) is 0.505. The van der Waals surface area contributed by atoms with Gasteiger partial charge in [0.25, 0.3) is 5.91 Å². The zero-order chi connectivity index (χ0) is 23.0. The van der Waals surface area contributed by atoms with Crippen LogP contribution in [-0.4, -0.2) is 33.3 Å². The smallest absolute Gasteiger partial charge is 0.270 e. The van der Waals surface area contributed by atoms with Crippen molar-refractivity contribution in [3.63, 3.8) is 0 Å². The Labute approximate surface area is 206 Å². The number of thioether (sulfide) groups is 1. The maximum atomic E-state index is 13.0. The standard InChI is InChI=1S/C24H20ClN5OS2/c25-17-5-7-18(8-6-17)33-14-13-27-24(32)30-29-23(31)20-15-22(16-9-11-26-12-10-16)28-21-4-2-1-3-19(20)21/h1-12,15H,13-14H2,(H,29,31)(H2,27,30,32). The molecule has 4 rings (SSSR count). The third kappa shape index (κ3) is 6.19. The first-order valence-electron chi connectivity index (χ1n) is 10.1. The molecule has 166 valence electrons. The SMILES string of the molecule is O=C(NNC(=S)NCCSc1ccc(Cl)cc1)c1cc(-c2ccncc2)nc2ccccc12. The molecule has 2 heterocycles. The highest BCUT2D eigenvalue weighted by Crippen LogP contribution is 2.24. The number of carbonyl (C=O) groups is 1. The molecule has 33 heavy (non-hydrogen) atoms. The Morgan fingerprint density at radius 1 is 1.00 bits per heavy atom. The predicted octanol–water partition coefficient (Wildman–Crippen LogP) is 4.85. The van der Waals surface area contributed by atoms with Crippen LogP contribution in [0.5, 0.6) is 0 Å². The Morgan fingerprint density at radius 2 is 1.76 bits per heavy atom. The molecule has 0 saturated carbocycles. The van der Waals surface area contributed by atoms with Crippen LogP contribution >= 0.6 is 35.6 Å². The number of amides is 1. The number of nitrogens with zero attached hydrogens (tertiary/aromatic N) is 2. The first-order valence-corrected chi connectivity index (χ1v) is 11.9. The minimum absolute atomic E-state index is 0.302. The number of hydrogen-bond donors (Lipinski definition) is 3. The molecule has 1 amide bonds. The average molecular weight is 494 g/mol. The molecular formula is C24H20ClN5OS2. The van der Waals surface area contributed by atoms with Crippen molar-refractivity contribution in [3.05, 3.63) is 89.7 Å². The summed E-state index contributed by atoms with van der Waals surface area (Å²) in [7, 11) is 0. The topological polar surface area (TPSA) is 78.9 Å². The number of aromatic nitrogens is 2. The molecule has 0 aliphatic rings. The summed E-state index contributed by atoms with van der Waals surface area (Å²) in [5, 5.41) is 4.90. The molecule has 2 aromatic heterocycles. The van der Waals surface area contributed by atoms with E-state index in [1.165, 1.54) is 0 Å². The van der Waals surface area contributed by atoms with Crippen molar-refractivity contribution in [2.24, 2.45) is 0 Å². The lowest BCUT2D eigenvalue weighted by atomic mass is 10.0. The number of pyridine rings is 2. The second-order valence-corrected chi connectivity index (χ2v) is 8.96. The van der Waals surface area contributed by atoms with Gasteiger partial charge in [0.1, 0.15) is 0 Å². The Kier molecular flexibility index (Phi) is 7.72. The van der Waals surface area contributed by atoms with Gasteiger partial charge in [-0.3, -0.25) is 20.6 Å². The number of thiocarbonyl (C=S) groups is 1. The summed E-state index contributed by atoms with van der Waals surface area (Å²) < 4.78 is 0. The van der Waals surface area contributed by atoms with Crippen LogP contribution < -0.4 is 16.2 Å². The number of carbonyl (C=O) groups excluding carboxylic acids is 1. The van der Waals surface area contributed by atoms with E-state index < -0.39 is 0 Å². The molecule has 0 fully saturated rings. The lowest BCUT2D eigenvalue weighted by Crippen LogP contribution is -2.47. The van der Waals surface area contributed by atoms with Crippen molar-refractivity contribution in [1.29, 1.82) is 0 Å². The van der Waals surface area contributed by atoms with Crippen LogP contribution in [0.4, 0.5) is 0 Å². The molecule has 0 radical (unpaired) electrons. The molecule has 4 aromatic rings. The van der Waals surface area contributed by atoms with E-state index in [1.807, 2.05) is 60.7 Å². The fraction of sp³-hybridized carbons (Fsp3) is 0.0833. The van der Waals surface area contributed by atoms with Crippen LogP contribution in [0.2, 0.25) is 5.02 Å². The van der Waals surface area contributed by atoms with E-state index in [2.05, 4.69) is 26.1 Å². The molecule has 2 aromatic carbocycles. The van der Waals surface area contributed by atoms with Crippen molar-refractivity contribution in [3.8, 4) is 11.3 Å². The van der Waals surface area contributed by atoms with Crippen LogP contribution in [0.25, 0.3) is 22.2 Å². The van der Waals surface area contributed by atoms with E-state index in [9.17, 15) is 4.79 Å². The van der Waals surface area contributed by atoms with Gasteiger partial charge >= 0.3 is 0 Å². The average Bonchev–Trinajstić information content (AvgIpc) is 2.86. The maximum Gasteiger partial charge on any atom is 0.270 e. The van der Waals surface area contributed by atoms with Crippen molar-refractivity contribution >= 4 is 57.5 Å². The van der Waals surface area contributed by atoms with E-state index in [1.54, 1.807) is 30.2 Å². The summed E-state index contributed by atoms with van der Waals surface area (Å²) in [6.45, 7) is 0.638. The molecule has 0 unspecified atom stereocenters. The highest BCUT2D eigenvalue weighted by atomic mass is 35.5. The van der Waals surface area contributed by atoms with Gasteiger partial charge in [0.15, 0.2) is 5.11 Å². The van der Waals surface area contributed by atoms with Gasteiger partial charge in [0.2, 0.25) is 0 Å². The Morgan fingerprint density at radius 3 is 2.55 bits per heavy atom. The highest BCUT2D eigenvalue weighted by Gasteiger charge is 2.14. The third-order valence-corrected chi connectivity index (χ3v) is 6.21. The van der Waals surface area contributed by atoms with E-state index in [4.69, 9.17) is 23.8 Å².